The van der Waals surface area contributed by atoms with E-state index < -0.39 is 11.5 Å². The Hall–Kier alpha value is -4.16. The Morgan fingerprint density at radius 2 is 1.57 bits per heavy atom. The van der Waals surface area contributed by atoms with E-state index in [1.807, 2.05) is 92.7 Å². The van der Waals surface area contributed by atoms with E-state index in [1.54, 1.807) is 12.1 Å². The number of amides is 1. The molecule has 2 N–H and O–H groups in total. The maximum Gasteiger partial charge on any atom is 0.336 e. The van der Waals surface area contributed by atoms with Gasteiger partial charge in [-0.05, 0) is 91.9 Å². The highest BCUT2D eigenvalue weighted by molar-refractivity contribution is 9.10. The number of aromatic carboxylic acids is 1. The van der Waals surface area contributed by atoms with Crippen LogP contribution in [0.5, 0.6) is 0 Å². The van der Waals surface area contributed by atoms with E-state index in [-0.39, 0.29) is 11.5 Å². The van der Waals surface area contributed by atoms with E-state index in [4.69, 9.17) is 0 Å². The smallest absolute Gasteiger partial charge is 0.336 e. The molecule has 1 amide bonds. The van der Waals surface area contributed by atoms with Crippen molar-refractivity contribution in [3.8, 4) is 11.1 Å². The number of benzene rings is 4. The molecule has 5 rings (SSSR count). The van der Waals surface area contributed by atoms with Gasteiger partial charge in [0.05, 0.1) is 11.1 Å². The molecule has 4 aromatic carbocycles. The van der Waals surface area contributed by atoms with Gasteiger partial charge in [-0.25, -0.2) is 4.79 Å². The molecule has 5 aromatic rings. The van der Waals surface area contributed by atoms with Crippen LogP contribution in [0.15, 0.2) is 95.5 Å². The molecule has 0 aliphatic carbocycles. The number of hydrogen-bond donors (Lipinski definition) is 2. The Balaban J connectivity index is 1.40. The summed E-state index contributed by atoms with van der Waals surface area (Å²) in [6, 6.07) is 28.9. The van der Waals surface area contributed by atoms with Crippen LogP contribution in [0.25, 0.3) is 22.0 Å². The number of carboxylic acids is 1. The molecule has 0 aliphatic rings. The number of fused-ring (bicyclic) bond motifs is 1. The molecule has 202 valence electrons. The van der Waals surface area contributed by atoms with Crippen molar-refractivity contribution < 1.29 is 14.7 Å². The number of nitrogens with one attached hydrogen (secondary N) is 1. The van der Waals surface area contributed by atoms with Gasteiger partial charge in [0, 0.05) is 33.2 Å². The fourth-order valence-corrected chi connectivity index (χ4v) is 5.45. The highest BCUT2D eigenvalue weighted by Crippen LogP contribution is 2.30. The van der Waals surface area contributed by atoms with E-state index in [2.05, 4.69) is 39.7 Å². The molecule has 0 atom stereocenters. The standard InChI is InChI=1S/C34H31BrN2O3/c1-21-22(2)37(20-23-9-11-24(12-10-23)28-7-5-6-8-29(28)33(39)40)31-18-13-25(19-30(21)31)32(38)36-34(3,4)26-14-16-27(35)17-15-26/h5-19H,20H2,1-4H3,(H,36,38)(H,39,40). The first kappa shape index (κ1) is 27.4. The Labute approximate surface area is 242 Å². The fraction of sp³-hybridized carbons (Fsp3) is 0.176. The zero-order valence-electron chi connectivity index (χ0n) is 23.0. The van der Waals surface area contributed by atoms with E-state index in [0.717, 1.165) is 43.3 Å². The SMILES string of the molecule is Cc1c(C)n(Cc2ccc(-c3ccccc3C(=O)O)cc2)c2ccc(C(=O)NC(C)(C)c3ccc(Br)cc3)cc12. The molecule has 1 aromatic heterocycles. The number of hydrogen-bond acceptors (Lipinski definition) is 2. The third kappa shape index (κ3) is 5.32. The first-order valence-electron chi connectivity index (χ1n) is 13.1. The number of halogens is 1. The molecule has 0 spiro atoms. The summed E-state index contributed by atoms with van der Waals surface area (Å²) in [5.74, 6) is -1.05. The topological polar surface area (TPSA) is 71.3 Å². The molecule has 0 saturated heterocycles. The molecule has 40 heavy (non-hydrogen) atoms. The van der Waals surface area contributed by atoms with Gasteiger partial charge >= 0.3 is 5.97 Å². The lowest BCUT2D eigenvalue weighted by Crippen LogP contribution is -2.40. The van der Waals surface area contributed by atoms with Crippen molar-refractivity contribution >= 4 is 38.7 Å². The van der Waals surface area contributed by atoms with E-state index >= 15 is 0 Å². The fourth-order valence-electron chi connectivity index (χ4n) is 5.18. The van der Waals surface area contributed by atoms with Crippen LogP contribution in [-0.4, -0.2) is 21.6 Å². The minimum absolute atomic E-state index is 0.114. The predicted octanol–water partition coefficient (Wildman–Crippen LogP) is 8.10. The summed E-state index contributed by atoms with van der Waals surface area (Å²) in [5.41, 5.74) is 7.45. The summed E-state index contributed by atoms with van der Waals surface area (Å²) in [4.78, 5) is 24.9. The number of carbonyl (C=O) groups is 2. The highest BCUT2D eigenvalue weighted by Gasteiger charge is 2.24. The Morgan fingerprint density at radius 3 is 2.25 bits per heavy atom. The Morgan fingerprint density at radius 1 is 0.900 bits per heavy atom. The Bertz CT molecular complexity index is 1730. The molecule has 0 unspecified atom stereocenters. The van der Waals surface area contributed by atoms with Crippen LogP contribution in [0.1, 0.15) is 56.9 Å². The summed E-state index contributed by atoms with van der Waals surface area (Å²) in [6.45, 7) is 8.87. The minimum Gasteiger partial charge on any atom is -0.478 e. The van der Waals surface area contributed by atoms with Crippen molar-refractivity contribution in [2.24, 2.45) is 0 Å². The third-order valence-electron chi connectivity index (χ3n) is 7.66. The molecule has 0 saturated carbocycles. The minimum atomic E-state index is -0.936. The first-order valence-corrected chi connectivity index (χ1v) is 13.9. The zero-order valence-corrected chi connectivity index (χ0v) is 24.5. The second-order valence-electron chi connectivity index (χ2n) is 10.7. The lowest BCUT2D eigenvalue weighted by atomic mass is 9.94. The van der Waals surface area contributed by atoms with Crippen molar-refractivity contribution in [1.29, 1.82) is 0 Å². The summed E-state index contributed by atoms with van der Waals surface area (Å²) >= 11 is 3.47. The van der Waals surface area contributed by atoms with Gasteiger partial charge in [0.15, 0.2) is 0 Å². The molecule has 0 aliphatic heterocycles. The van der Waals surface area contributed by atoms with Gasteiger partial charge in [-0.3, -0.25) is 4.79 Å². The second-order valence-corrected chi connectivity index (χ2v) is 11.6. The third-order valence-corrected chi connectivity index (χ3v) is 8.18. The van der Waals surface area contributed by atoms with E-state index in [9.17, 15) is 14.7 Å². The number of carboxylic acid groups (broad SMARTS) is 1. The predicted molar refractivity (Wildman–Crippen MR) is 164 cm³/mol. The molecular formula is C34H31BrN2O3. The van der Waals surface area contributed by atoms with Gasteiger partial charge in [-0.1, -0.05) is 70.5 Å². The molecule has 0 radical (unpaired) electrons. The largest absolute Gasteiger partial charge is 0.478 e. The van der Waals surface area contributed by atoms with Crippen molar-refractivity contribution in [3.63, 3.8) is 0 Å². The van der Waals surface area contributed by atoms with Gasteiger partial charge in [0.1, 0.15) is 0 Å². The van der Waals surface area contributed by atoms with Gasteiger partial charge in [-0.2, -0.15) is 0 Å². The molecule has 0 fully saturated rings. The summed E-state index contributed by atoms with van der Waals surface area (Å²) in [5, 5.41) is 13.8. The number of rotatable bonds is 7. The second kappa shape index (κ2) is 10.8. The lowest BCUT2D eigenvalue weighted by molar-refractivity contribution is 0.0697. The molecule has 1 heterocycles. The summed E-state index contributed by atoms with van der Waals surface area (Å²) < 4.78 is 3.26. The van der Waals surface area contributed by atoms with Gasteiger partial charge in [-0.15, -0.1) is 0 Å². The quantitative estimate of drug-likeness (QED) is 0.200. The molecule has 0 bridgehead atoms. The average Bonchev–Trinajstić information content (AvgIpc) is 3.17. The summed E-state index contributed by atoms with van der Waals surface area (Å²) in [6.07, 6.45) is 0. The zero-order chi connectivity index (χ0) is 28.6. The maximum absolute atomic E-state index is 13.3. The average molecular weight is 596 g/mol. The normalized spacial score (nSPS) is 11.5. The van der Waals surface area contributed by atoms with Crippen molar-refractivity contribution in [3.05, 3.63) is 129 Å². The lowest BCUT2D eigenvalue weighted by Gasteiger charge is -2.27. The van der Waals surface area contributed by atoms with Crippen molar-refractivity contribution in [2.45, 2.75) is 39.8 Å². The van der Waals surface area contributed by atoms with Crippen molar-refractivity contribution in [1.82, 2.24) is 9.88 Å². The first-order chi connectivity index (χ1) is 19.0. The monoisotopic (exact) mass is 594 g/mol. The number of nitrogens with zero attached hydrogens (tertiary/aromatic N) is 1. The van der Waals surface area contributed by atoms with Crippen LogP contribution in [0.2, 0.25) is 0 Å². The van der Waals surface area contributed by atoms with Crippen LogP contribution in [0, 0.1) is 13.8 Å². The van der Waals surface area contributed by atoms with Crippen LogP contribution in [-0.2, 0) is 12.1 Å². The molecular weight excluding hydrogens is 564 g/mol. The van der Waals surface area contributed by atoms with Crippen molar-refractivity contribution in [2.75, 3.05) is 0 Å². The van der Waals surface area contributed by atoms with Gasteiger partial charge < -0.3 is 15.0 Å². The van der Waals surface area contributed by atoms with Crippen LogP contribution in [0.4, 0.5) is 0 Å². The number of carbonyl (C=O) groups excluding carboxylic acids is 1. The molecule has 5 nitrogen and oxygen atoms in total. The highest BCUT2D eigenvalue weighted by atomic mass is 79.9. The van der Waals surface area contributed by atoms with E-state index in [0.29, 0.717) is 17.7 Å². The van der Waals surface area contributed by atoms with Crippen LogP contribution in [0.3, 0.4) is 0 Å². The maximum atomic E-state index is 13.3. The van der Waals surface area contributed by atoms with Crippen LogP contribution >= 0.6 is 15.9 Å². The Kier molecular flexibility index (Phi) is 7.39. The van der Waals surface area contributed by atoms with Gasteiger partial charge in [0.2, 0.25) is 0 Å². The number of aromatic nitrogens is 1. The summed E-state index contributed by atoms with van der Waals surface area (Å²) in [7, 11) is 0. The molecule has 6 heteroatoms. The van der Waals surface area contributed by atoms with Gasteiger partial charge in [0.25, 0.3) is 5.91 Å². The van der Waals surface area contributed by atoms with E-state index in [1.165, 1.54) is 0 Å². The number of aryl methyl sites for hydroxylation is 1. The van der Waals surface area contributed by atoms with Crippen LogP contribution < -0.4 is 5.32 Å².